The fourth-order valence-corrected chi connectivity index (χ4v) is 5.90. The van der Waals surface area contributed by atoms with Gasteiger partial charge in [-0.05, 0) is 77.0 Å². The van der Waals surface area contributed by atoms with Gasteiger partial charge in [0.15, 0.2) is 6.10 Å². The first kappa shape index (κ1) is 51.1. The zero-order valence-electron chi connectivity index (χ0n) is 35.2. The van der Waals surface area contributed by atoms with Gasteiger partial charge >= 0.3 is 17.9 Å². The number of esters is 3. The summed E-state index contributed by atoms with van der Waals surface area (Å²) in [5.41, 5.74) is 0. The van der Waals surface area contributed by atoms with Crippen molar-refractivity contribution in [2.24, 2.45) is 0 Å². The largest absolute Gasteiger partial charge is 0.462 e. The first-order chi connectivity index (χ1) is 26.5. The number of carbonyl (C=O) groups excluding carboxylic acids is 3. The second-order valence-electron chi connectivity index (χ2n) is 14.6. The van der Waals surface area contributed by atoms with Gasteiger partial charge in [0, 0.05) is 19.3 Å². The van der Waals surface area contributed by atoms with Crippen molar-refractivity contribution in [2.45, 2.75) is 213 Å². The van der Waals surface area contributed by atoms with Gasteiger partial charge < -0.3 is 14.2 Å². The van der Waals surface area contributed by atoms with Crippen molar-refractivity contribution in [3.8, 4) is 0 Å². The molecule has 0 aromatic heterocycles. The summed E-state index contributed by atoms with van der Waals surface area (Å²) in [4.78, 5) is 37.6. The van der Waals surface area contributed by atoms with E-state index in [1.165, 1.54) is 70.6 Å². The van der Waals surface area contributed by atoms with Crippen LogP contribution in [0, 0.1) is 0 Å². The molecule has 0 radical (unpaired) electrons. The molecule has 0 saturated carbocycles. The monoisotopic (exact) mass is 755 g/mol. The minimum absolute atomic E-state index is 0.0912. The van der Waals surface area contributed by atoms with Crippen LogP contribution in [-0.4, -0.2) is 37.2 Å². The van der Waals surface area contributed by atoms with E-state index in [9.17, 15) is 14.4 Å². The molecule has 0 amide bonds. The summed E-state index contributed by atoms with van der Waals surface area (Å²) in [5.74, 6) is -0.949. The molecule has 0 aromatic carbocycles. The first-order valence-corrected chi connectivity index (χ1v) is 22.3. The molecular weight excluding hydrogens is 673 g/mol. The van der Waals surface area contributed by atoms with Crippen LogP contribution in [0.2, 0.25) is 0 Å². The molecule has 0 aromatic rings. The molecular formula is C48H82O6. The Morgan fingerprint density at radius 3 is 1.26 bits per heavy atom. The molecule has 0 rings (SSSR count). The highest BCUT2D eigenvalue weighted by Gasteiger charge is 2.19. The third kappa shape index (κ3) is 40.3. The van der Waals surface area contributed by atoms with E-state index in [0.717, 1.165) is 96.3 Å². The van der Waals surface area contributed by atoms with Crippen molar-refractivity contribution >= 4 is 17.9 Å². The van der Waals surface area contributed by atoms with Crippen LogP contribution in [0.4, 0.5) is 0 Å². The minimum Gasteiger partial charge on any atom is -0.462 e. The fraction of sp³-hybridized carbons (Fsp3) is 0.729. The predicted molar refractivity (Wildman–Crippen MR) is 228 cm³/mol. The SMILES string of the molecule is CC/C=C\C/C=C\C/C=C\C/C=C\CCCCC(=O)OCC(COC(=O)CCCCCCC/C=C\CCC)OC(=O)CCCCCCCCCCCCC. The van der Waals surface area contributed by atoms with E-state index in [1.807, 2.05) is 0 Å². The summed E-state index contributed by atoms with van der Waals surface area (Å²) in [5, 5.41) is 0. The van der Waals surface area contributed by atoms with Crippen molar-refractivity contribution in [2.75, 3.05) is 13.2 Å². The number of hydrogen-bond donors (Lipinski definition) is 0. The Balaban J connectivity index is 4.44. The van der Waals surface area contributed by atoms with Crippen LogP contribution in [0.1, 0.15) is 207 Å². The van der Waals surface area contributed by atoms with E-state index in [4.69, 9.17) is 14.2 Å². The second kappa shape index (κ2) is 42.8. The molecule has 0 spiro atoms. The molecule has 0 heterocycles. The Labute approximate surface area is 332 Å². The molecule has 0 aliphatic rings. The molecule has 0 bridgehead atoms. The lowest BCUT2D eigenvalue weighted by atomic mass is 10.1. The standard InChI is InChI=1S/C48H82O6/c1-4-7-10-13-16-19-22-23-24-25-27-29-32-35-38-41-47(50)53-44-45(43-52-46(49)40-37-34-31-28-21-18-15-12-9-6-3)54-48(51)42-39-36-33-30-26-20-17-14-11-8-5-2/h7,10,12,15-16,19,23-24,27,29,45H,4-6,8-9,11,13-14,17-18,20-22,25-26,28,30-44H2,1-3H3/b10-7-,15-12-,19-16-,24-23-,29-27-. The van der Waals surface area contributed by atoms with E-state index in [0.29, 0.717) is 19.3 Å². The highest BCUT2D eigenvalue weighted by Crippen LogP contribution is 2.14. The highest BCUT2D eigenvalue weighted by molar-refractivity contribution is 5.71. The Morgan fingerprint density at radius 2 is 0.759 bits per heavy atom. The van der Waals surface area contributed by atoms with Gasteiger partial charge in [-0.25, -0.2) is 0 Å². The minimum atomic E-state index is -0.789. The van der Waals surface area contributed by atoms with Crippen LogP contribution < -0.4 is 0 Å². The maximum absolute atomic E-state index is 12.7. The van der Waals surface area contributed by atoms with Crippen LogP contribution in [0.15, 0.2) is 60.8 Å². The smallest absolute Gasteiger partial charge is 0.306 e. The second-order valence-corrected chi connectivity index (χ2v) is 14.6. The van der Waals surface area contributed by atoms with Crippen molar-refractivity contribution in [1.82, 2.24) is 0 Å². The third-order valence-electron chi connectivity index (χ3n) is 9.24. The van der Waals surface area contributed by atoms with Crippen LogP contribution in [-0.2, 0) is 28.6 Å². The molecule has 0 aliphatic heterocycles. The first-order valence-electron chi connectivity index (χ1n) is 22.3. The van der Waals surface area contributed by atoms with E-state index in [-0.39, 0.29) is 31.1 Å². The lowest BCUT2D eigenvalue weighted by Crippen LogP contribution is -2.30. The number of carbonyl (C=O) groups is 3. The molecule has 6 heteroatoms. The Hall–Kier alpha value is -2.89. The van der Waals surface area contributed by atoms with Gasteiger partial charge in [0.25, 0.3) is 0 Å². The molecule has 0 N–H and O–H groups in total. The topological polar surface area (TPSA) is 78.9 Å². The van der Waals surface area contributed by atoms with Crippen molar-refractivity contribution in [3.63, 3.8) is 0 Å². The molecule has 1 atom stereocenters. The summed E-state index contributed by atoms with van der Waals surface area (Å²) in [6, 6.07) is 0. The zero-order chi connectivity index (χ0) is 39.4. The average molecular weight is 755 g/mol. The van der Waals surface area contributed by atoms with Gasteiger partial charge in [-0.3, -0.25) is 14.4 Å². The summed E-state index contributed by atoms with van der Waals surface area (Å²) in [6.07, 6.45) is 50.6. The Bertz CT molecular complexity index is 1010. The van der Waals surface area contributed by atoms with Gasteiger partial charge in [-0.15, -0.1) is 0 Å². The zero-order valence-corrected chi connectivity index (χ0v) is 35.2. The van der Waals surface area contributed by atoms with Crippen LogP contribution in [0.25, 0.3) is 0 Å². The van der Waals surface area contributed by atoms with Gasteiger partial charge in [0.2, 0.25) is 0 Å². The summed E-state index contributed by atoms with van der Waals surface area (Å²) in [6.45, 7) is 6.39. The number of ether oxygens (including phenoxy) is 3. The molecule has 0 saturated heterocycles. The Kier molecular flexibility index (Phi) is 40.6. The Morgan fingerprint density at radius 1 is 0.389 bits per heavy atom. The normalized spacial score (nSPS) is 12.6. The van der Waals surface area contributed by atoms with E-state index < -0.39 is 6.10 Å². The molecule has 0 fully saturated rings. The van der Waals surface area contributed by atoms with Gasteiger partial charge in [0.05, 0.1) is 0 Å². The number of unbranched alkanes of at least 4 members (excludes halogenated alkanes) is 18. The maximum atomic E-state index is 12.7. The third-order valence-corrected chi connectivity index (χ3v) is 9.24. The van der Waals surface area contributed by atoms with Gasteiger partial charge in [0.1, 0.15) is 13.2 Å². The van der Waals surface area contributed by atoms with Crippen molar-refractivity contribution in [1.29, 1.82) is 0 Å². The van der Waals surface area contributed by atoms with Crippen LogP contribution in [0.3, 0.4) is 0 Å². The lowest BCUT2D eigenvalue weighted by molar-refractivity contribution is -0.167. The van der Waals surface area contributed by atoms with Crippen LogP contribution in [0.5, 0.6) is 0 Å². The van der Waals surface area contributed by atoms with Crippen molar-refractivity contribution in [3.05, 3.63) is 60.8 Å². The molecule has 310 valence electrons. The van der Waals surface area contributed by atoms with Crippen LogP contribution >= 0.6 is 0 Å². The molecule has 0 aliphatic carbocycles. The summed E-state index contributed by atoms with van der Waals surface area (Å²) < 4.78 is 16.6. The molecule has 6 nitrogen and oxygen atoms in total. The lowest BCUT2D eigenvalue weighted by Gasteiger charge is -2.18. The predicted octanol–water partition coefficient (Wildman–Crippen LogP) is 14.1. The molecule has 54 heavy (non-hydrogen) atoms. The maximum Gasteiger partial charge on any atom is 0.306 e. The average Bonchev–Trinajstić information content (AvgIpc) is 3.17. The number of rotatable bonds is 39. The quantitative estimate of drug-likeness (QED) is 0.0269. The summed E-state index contributed by atoms with van der Waals surface area (Å²) in [7, 11) is 0. The highest BCUT2D eigenvalue weighted by atomic mass is 16.6. The number of allylic oxidation sites excluding steroid dienone is 10. The van der Waals surface area contributed by atoms with Gasteiger partial charge in [-0.2, -0.15) is 0 Å². The van der Waals surface area contributed by atoms with E-state index in [2.05, 4.69) is 81.5 Å². The molecule has 1 unspecified atom stereocenters. The van der Waals surface area contributed by atoms with Crippen molar-refractivity contribution < 1.29 is 28.6 Å². The number of hydrogen-bond acceptors (Lipinski definition) is 6. The van der Waals surface area contributed by atoms with E-state index >= 15 is 0 Å². The fourth-order valence-electron chi connectivity index (χ4n) is 5.90. The van der Waals surface area contributed by atoms with Gasteiger partial charge in [-0.1, -0.05) is 171 Å². The summed E-state index contributed by atoms with van der Waals surface area (Å²) >= 11 is 0. The van der Waals surface area contributed by atoms with E-state index in [1.54, 1.807) is 0 Å².